The number of thioether (sulfide) groups is 1. The summed E-state index contributed by atoms with van der Waals surface area (Å²) in [6.45, 7) is 2.36. The topological polar surface area (TPSA) is 23.5 Å². The van der Waals surface area contributed by atoms with Crippen LogP contribution < -0.4 is 0 Å². The van der Waals surface area contributed by atoms with Gasteiger partial charge in [0.2, 0.25) is 0 Å². The maximum atomic E-state index is 9.08. The highest BCUT2D eigenvalue weighted by Gasteiger charge is 2.19. The van der Waals surface area contributed by atoms with E-state index in [1.54, 1.807) is 0 Å². The van der Waals surface area contributed by atoms with E-state index in [0.717, 1.165) is 12.6 Å². The lowest BCUT2D eigenvalue weighted by atomic mass is 9.94. The Morgan fingerprint density at radius 3 is 2.53 bits per heavy atom. The van der Waals surface area contributed by atoms with E-state index in [1.165, 1.54) is 50.8 Å². The number of aliphatic hydroxyl groups excluding tert-OH is 1. The zero-order valence-electron chi connectivity index (χ0n) is 9.95. The molecule has 1 aliphatic carbocycles. The van der Waals surface area contributed by atoms with Gasteiger partial charge in [-0.05, 0) is 37.8 Å². The van der Waals surface area contributed by atoms with E-state index in [9.17, 15) is 0 Å². The van der Waals surface area contributed by atoms with Crippen LogP contribution in [0.1, 0.15) is 38.5 Å². The maximum absolute atomic E-state index is 9.08. The number of hydrogen-bond donors (Lipinski definition) is 1. The molecule has 1 saturated carbocycles. The highest BCUT2D eigenvalue weighted by molar-refractivity contribution is 7.98. The Morgan fingerprint density at radius 2 is 1.93 bits per heavy atom. The summed E-state index contributed by atoms with van der Waals surface area (Å²) >= 11 is 1.92. The molecule has 0 aromatic rings. The van der Waals surface area contributed by atoms with E-state index in [1.807, 2.05) is 11.8 Å². The molecular formula is C12H25NOS. The van der Waals surface area contributed by atoms with Crippen molar-refractivity contribution in [2.75, 3.05) is 31.7 Å². The Kier molecular flexibility index (Phi) is 7.49. The Bertz CT molecular complexity index is 149. The standard InChI is InChI=1S/C12H25NOS/c1-15-11-5-8-13(9-10-14)12-6-3-2-4-7-12/h12,14H,2-11H2,1H3. The molecule has 0 bridgehead atoms. The molecule has 3 heteroatoms. The molecule has 0 aliphatic heterocycles. The minimum absolute atomic E-state index is 0.315. The van der Waals surface area contributed by atoms with Gasteiger partial charge in [-0.3, -0.25) is 4.90 Å². The fourth-order valence-electron chi connectivity index (χ4n) is 2.46. The van der Waals surface area contributed by atoms with Crippen molar-refractivity contribution in [2.45, 2.75) is 44.6 Å². The monoisotopic (exact) mass is 231 g/mol. The van der Waals surface area contributed by atoms with Gasteiger partial charge in [-0.1, -0.05) is 19.3 Å². The third kappa shape index (κ3) is 5.23. The summed E-state index contributed by atoms with van der Waals surface area (Å²) in [7, 11) is 0. The third-order valence-corrected chi connectivity index (χ3v) is 3.97. The fourth-order valence-corrected chi connectivity index (χ4v) is 2.88. The molecular weight excluding hydrogens is 206 g/mol. The van der Waals surface area contributed by atoms with Crippen LogP contribution in [0.25, 0.3) is 0 Å². The van der Waals surface area contributed by atoms with Crippen molar-refractivity contribution in [3.63, 3.8) is 0 Å². The smallest absolute Gasteiger partial charge is 0.0558 e. The molecule has 0 amide bonds. The Morgan fingerprint density at radius 1 is 1.20 bits per heavy atom. The lowest BCUT2D eigenvalue weighted by Crippen LogP contribution is -2.39. The normalized spacial score (nSPS) is 18.6. The van der Waals surface area contributed by atoms with E-state index in [4.69, 9.17) is 5.11 Å². The minimum atomic E-state index is 0.315. The van der Waals surface area contributed by atoms with Gasteiger partial charge in [-0.15, -0.1) is 0 Å². The molecule has 1 rings (SSSR count). The average molecular weight is 231 g/mol. The van der Waals surface area contributed by atoms with E-state index >= 15 is 0 Å². The van der Waals surface area contributed by atoms with Gasteiger partial charge in [0.05, 0.1) is 6.61 Å². The molecule has 0 atom stereocenters. The van der Waals surface area contributed by atoms with Crippen LogP contribution in [0.15, 0.2) is 0 Å². The summed E-state index contributed by atoms with van der Waals surface area (Å²) in [6, 6.07) is 0.757. The van der Waals surface area contributed by atoms with Gasteiger partial charge < -0.3 is 5.11 Å². The van der Waals surface area contributed by atoms with Gasteiger partial charge in [0, 0.05) is 12.6 Å². The molecule has 0 aromatic carbocycles. The van der Waals surface area contributed by atoms with Crippen molar-refractivity contribution < 1.29 is 5.11 Å². The summed E-state index contributed by atoms with van der Waals surface area (Å²) in [5, 5.41) is 9.08. The minimum Gasteiger partial charge on any atom is -0.395 e. The quantitative estimate of drug-likeness (QED) is 0.681. The van der Waals surface area contributed by atoms with E-state index < -0.39 is 0 Å². The SMILES string of the molecule is CSCCCN(CCO)C1CCCCC1. The summed E-state index contributed by atoms with van der Waals surface area (Å²) in [6.07, 6.45) is 10.3. The van der Waals surface area contributed by atoms with Crippen LogP contribution in [0.3, 0.4) is 0 Å². The van der Waals surface area contributed by atoms with Crippen molar-refractivity contribution >= 4 is 11.8 Å². The Balaban J connectivity index is 2.26. The van der Waals surface area contributed by atoms with Crippen molar-refractivity contribution in [3.8, 4) is 0 Å². The number of rotatable bonds is 7. The predicted molar refractivity (Wildman–Crippen MR) is 68.5 cm³/mol. The first-order valence-electron chi connectivity index (χ1n) is 6.22. The molecule has 0 saturated heterocycles. The van der Waals surface area contributed by atoms with E-state index in [-0.39, 0.29) is 0 Å². The van der Waals surface area contributed by atoms with Gasteiger partial charge in [0.15, 0.2) is 0 Å². The first kappa shape index (κ1) is 13.3. The van der Waals surface area contributed by atoms with Gasteiger partial charge >= 0.3 is 0 Å². The largest absolute Gasteiger partial charge is 0.395 e. The van der Waals surface area contributed by atoms with Crippen LogP contribution in [-0.2, 0) is 0 Å². The molecule has 90 valence electrons. The molecule has 2 nitrogen and oxygen atoms in total. The first-order valence-corrected chi connectivity index (χ1v) is 7.61. The lowest BCUT2D eigenvalue weighted by Gasteiger charge is -2.33. The van der Waals surface area contributed by atoms with Crippen molar-refractivity contribution in [2.24, 2.45) is 0 Å². The Labute approximate surface area is 98.4 Å². The first-order chi connectivity index (χ1) is 7.38. The second kappa shape index (κ2) is 8.43. The van der Waals surface area contributed by atoms with Crippen molar-refractivity contribution in [1.82, 2.24) is 4.90 Å². The van der Waals surface area contributed by atoms with Crippen molar-refractivity contribution in [3.05, 3.63) is 0 Å². The molecule has 0 heterocycles. The second-order valence-corrected chi connectivity index (χ2v) is 5.38. The molecule has 1 aliphatic rings. The maximum Gasteiger partial charge on any atom is 0.0558 e. The van der Waals surface area contributed by atoms with Crippen LogP contribution in [0.5, 0.6) is 0 Å². The van der Waals surface area contributed by atoms with Gasteiger partial charge in [0.1, 0.15) is 0 Å². The molecule has 0 unspecified atom stereocenters. The molecule has 1 N–H and O–H groups in total. The average Bonchev–Trinajstić information content (AvgIpc) is 2.29. The van der Waals surface area contributed by atoms with Crippen LogP contribution in [0.4, 0.5) is 0 Å². The highest BCUT2D eigenvalue weighted by atomic mass is 32.2. The fraction of sp³-hybridized carbons (Fsp3) is 1.00. The summed E-state index contributed by atoms with van der Waals surface area (Å²) < 4.78 is 0. The molecule has 0 spiro atoms. The van der Waals surface area contributed by atoms with Crippen LogP contribution in [-0.4, -0.2) is 47.8 Å². The van der Waals surface area contributed by atoms with E-state index in [0.29, 0.717) is 6.61 Å². The van der Waals surface area contributed by atoms with Crippen LogP contribution >= 0.6 is 11.8 Å². The van der Waals surface area contributed by atoms with Crippen molar-refractivity contribution in [1.29, 1.82) is 0 Å². The molecule has 0 radical (unpaired) electrons. The van der Waals surface area contributed by atoms with Gasteiger partial charge in [0.25, 0.3) is 0 Å². The third-order valence-electron chi connectivity index (χ3n) is 3.27. The highest BCUT2D eigenvalue weighted by Crippen LogP contribution is 2.22. The number of hydrogen-bond acceptors (Lipinski definition) is 3. The molecule has 15 heavy (non-hydrogen) atoms. The van der Waals surface area contributed by atoms with E-state index in [2.05, 4.69) is 11.2 Å². The van der Waals surface area contributed by atoms with Gasteiger partial charge in [-0.25, -0.2) is 0 Å². The summed E-state index contributed by atoms with van der Waals surface area (Å²) in [4.78, 5) is 2.51. The van der Waals surface area contributed by atoms with Crippen LogP contribution in [0.2, 0.25) is 0 Å². The second-order valence-electron chi connectivity index (χ2n) is 4.40. The molecule has 1 fully saturated rings. The summed E-state index contributed by atoms with van der Waals surface area (Å²) in [5.41, 5.74) is 0. The zero-order chi connectivity index (χ0) is 10.9. The van der Waals surface area contributed by atoms with Gasteiger partial charge in [-0.2, -0.15) is 11.8 Å². The number of aliphatic hydroxyl groups is 1. The number of nitrogens with zero attached hydrogens (tertiary/aromatic N) is 1. The summed E-state index contributed by atoms with van der Waals surface area (Å²) in [5.74, 6) is 1.24. The lowest BCUT2D eigenvalue weighted by molar-refractivity contribution is 0.124. The van der Waals surface area contributed by atoms with Crippen LogP contribution in [0, 0.1) is 0 Å². The predicted octanol–water partition coefficient (Wildman–Crippen LogP) is 2.37. The zero-order valence-corrected chi connectivity index (χ0v) is 10.8. The molecule has 0 aromatic heterocycles. The Hall–Kier alpha value is 0.270.